The van der Waals surface area contributed by atoms with E-state index in [1.165, 1.54) is 19.1 Å². The molecule has 0 fully saturated rings. The number of anilines is 2. The zero-order valence-electron chi connectivity index (χ0n) is 14.2. The molecule has 2 rings (SSSR count). The average Bonchev–Trinajstić information content (AvgIpc) is 2.99. The highest BCUT2D eigenvalue weighted by Gasteiger charge is 2.30. The van der Waals surface area contributed by atoms with Crippen LogP contribution in [0.15, 0.2) is 40.0 Å². The number of nitrogens with zero attached hydrogens (tertiary/aromatic N) is 2. The predicted octanol–water partition coefficient (Wildman–Crippen LogP) is 2.97. The Morgan fingerprint density at radius 1 is 1.30 bits per heavy atom. The van der Waals surface area contributed by atoms with Gasteiger partial charge in [-0.05, 0) is 32.0 Å². The number of nitrogens with one attached hydrogen (secondary N) is 2. The van der Waals surface area contributed by atoms with Crippen LogP contribution in [0.2, 0.25) is 0 Å². The zero-order valence-corrected chi connectivity index (χ0v) is 14.2. The van der Waals surface area contributed by atoms with E-state index in [1.54, 1.807) is 6.92 Å². The fourth-order valence-corrected chi connectivity index (χ4v) is 1.82. The van der Waals surface area contributed by atoms with Crippen molar-refractivity contribution in [2.75, 3.05) is 10.6 Å². The Morgan fingerprint density at radius 3 is 2.67 bits per heavy atom. The maximum absolute atomic E-state index is 12.6. The number of oxime groups is 1. The van der Waals surface area contributed by atoms with E-state index < -0.39 is 29.7 Å². The summed E-state index contributed by atoms with van der Waals surface area (Å²) in [7, 11) is 0. The molecule has 2 N–H and O–H groups in total. The molecule has 1 heterocycles. The zero-order chi connectivity index (χ0) is 20.0. The minimum absolute atomic E-state index is 0.0616. The lowest BCUT2D eigenvalue weighted by atomic mass is 10.2. The second-order valence-corrected chi connectivity index (χ2v) is 5.36. The summed E-state index contributed by atoms with van der Waals surface area (Å²) >= 11 is 0. The Bertz CT molecular complexity index is 848. The predicted molar refractivity (Wildman–Crippen MR) is 89.0 cm³/mol. The van der Waals surface area contributed by atoms with Gasteiger partial charge in [0.05, 0.1) is 5.56 Å². The van der Waals surface area contributed by atoms with Crippen LogP contribution in [0.5, 0.6) is 0 Å². The maximum atomic E-state index is 12.6. The van der Waals surface area contributed by atoms with Gasteiger partial charge in [0, 0.05) is 11.8 Å². The number of aryl methyl sites for hydroxylation is 1. The normalized spacial score (nSPS) is 12.6. The highest BCUT2D eigenvalue weighted by Crippen LogP contribution is 2.30. The van der Waals surface area contributed by atoms with Crippen molar-refractivity contribution in [2.24, 2.45) is 5.16 Å². The molecule has 0 aliphatic rings. The molecule has 0 spiro atoms. The molecule has 0 radical (unpaired) electrons. The van der Waals surface area contributed by atoms with Gasteiger partial charge < -0.3 is 20.0 Å². The first kappa shape index (κ1) is 19.9. The van der Waals surface area contributed by atoms with E-state index in [0.717, 1.165) is 18.2 Å². The highest BCUT2D eigenvalue weighted by atomic mass is 19.4. The number of carbonyl (C=O) groups excluding carboxylic acids is 2. The number of aromatic nitrogens is 1. The van der Waals surface area contributed by atoms with Gasteiger partial charge in [-0.15, -0.1) is 0 Å². The first-order valence-corrected chi connectivity index (χ1v) is 7.57. The fourth-order valence-electron chi connectivity index (χ4n) is 1.82. The second kappa shape index (κ2) is 8.34. The standard InChI is InChI=1S/C16H15F3N4O4/c1-9-6-13(23-26-9)22-15(25)10(2)27-20-8-14(24)21-12-5-3-4-11(7-12)16(17,18)19/h3-8,10H,1-2H3,(H,21,24)(H,22,23,25)/b20-8+. The summed E-state index contributed by atoms with van der Waals surface area (Å²) in [6.07, 6.45) is -4.88. The van der Waals surface area contributed by atoms with Crippen LogP contribution in [-0.4, -0.2) is 29.3 Å². The van der Waals surface area contributed by atoms with E-state index in [0.29, 0.717) is 12.0 Å². The Balaban J connectivity index is 1.85. The van der Waals surface area contributed by atoms with E-state index in [2.05, 4.69) is 20.9 Å². The van der Waals surface area contributed by atoms with Crippen molar-refractivity contribution in [1.82, 2.24) is 5.16 Å². The summed E-state index contributed by atoms with van der Waals surface area (Å²) in [5, 5.41) is 11.5. The SMILES string of the molecule is Cc1cc(NC(=O)C(C)O/N=C/C(=O)Nc2cccc(C(F)(F)F)c2)no1. The molecule has 8 nitrogen and oxygen atoms in total. The molecule has 1 aromatic heterocycles. The molecule has 11 heteroatoms. The monoisotopic (exact) mass is 384 g/mol. The Hall–Kier alpha value is -3.37. The molecule has 1 unspecified atom stereocenters. The molecule has 2 amide bonds. The largest absolute Gasteiger partial charge is 0.416 e. The average molecular weight is 384 g/mol. The van der Waals surface area contributed by atoms with E-state index in [9.17, 15) is 22.8 Å². The van der Waals surface area contributed by atoms with Gasteiger partial charge in [0.2, 0.25) is 6.10 Å². The molecule has 27 heavy (non-hydrogen) atoms. The van der Waals surface area contributed by atoms with Crippen LogP contribution < -0.4 is 10.6 Å². The number of hydrogen-bond donors (Lipinski definition) is 2. The number of hydrogen-bond acceptors (Lipinski definition) is 6. The van der Waals surface area contributed by atoms with E-state index in [-0.39, 0.29) is 11.5 Å². The number of amides is 2. The number of halogens is 3. The number of carbonyl (C=O) groups is 2. The summed E-state index contributed by atoms with van der Waals surface area (Å²) in [6, 6.07) is 5.60. The van der Waals surface area contributed by atoms with Crippen molar-refractivity contribution in [3.63, 3.8) is 0 Å². The van der Waals surface area contributed by atoms with Crippen LogP contribution in [0, 0.1) is 6.92 Å². The number of alkyl halides is 3. The Kier molecular flexibility index (Phi) is 6.16. The van der Waals surface area contributed by atoms with Crippen molar-refractivity contribution in [3.05, 3.63) is 41.7 Å². The van der Waals surface area contributed by atoms with Crippen molar-refractivity contribution >= 4 is 29.5 Å². The molecule has 0 aliphatic heterocycles. The van der Waals surface area contributed by atoms with Crippen molar-refractivity contribution in [3.8, 4) is 0 Å². The highest BCUT2D eigenvalue weighted by molar-refractivity contribution is 6.31. The lowest BCUT2D eigenvalue weighted by molar-refractivity contribution is -0.137. The van der Waals surface area contributed by atoms with Gasteiger partial charge in [-0.2, -0.15) is 13.2 Å². The van der Waals surface area contributed by atoms with Crippen molar-refractivity contribution in [1.29, 1.82) is 0 Å². The third kappa shape index (κ3) is 6.13. The van der Waals surface area contributed by atoms with Crippen LogP contribution in [0.3, 0.4) is 0 Å². The Labute approximate surface area is 151 Å². The van der Waals surface area contributed by atoms with E-state index >= 15 is 0 Å². The Morgan fingerprint density at radius 2 is 2.04 bits per heavy atom. The van der Waals surface area contributed by atoms with E-state index in [1.807, 2.05) is 0 Å². The van der Waals surface area contributed by atoms with Crippen LogP contribution in [-0.2, 0) is 20.6 Å². The summed E-state index contributed by atoms with van der Waals surface area (Å²) in [4.78, 5) is 28.3. The minimum atomic E-state index is -4.52. The summed E-state index contributed by atoms with van der Waals surface area (Å²) in [5.74, 6) is -0.713. The molecule has 144 valence electrons. The van der Waals surface area contributed by atoms with Gasteiger partial charge in [0.15, 0.2) is 5.82 Å². The number of benzene rings is 1. The molecular weight excluding hydrogens is 369 g/mol. The molecule has 2 aromatic rings. The van der Waals surface area contributed by atoms with Gasteiger partial charge in [-0.3, -0.25) is 9.59 Å². The molecule has 0 aliphatic carbocycles. The third-order valence-electron chi connectivity index (χ3n) is 3.09. The van der Waals surface area contributed by atoms with Crippen LogP contribution >= 0.6 is 0 Å². The first-order valence-electron chi connectivity index (χ1n) is 7.57. The first-order chi connectivity index (χ1) is 12.6. The molecule has 1 aromatic carbocycles. The van der Waals surface area contributed by atoms with Crippen molar-refractivity contribution in [2.45, 2.75) is 26.1 Å². The van der Waals surface area contributed by atoms with Gasteiger partial charge in [-0.25, -0.2) is 0 Å². The van der Waals surface area contributed by atoms with E-state index in [4.69, 9.17) is 9.36 Å². The fraction of sp³-hybridized carbons (Fsp3) is 0.250. The minimum Gasteiger partial charge on any atom is -0.383 e. The van der Waals surface area contributed by atoms with Gasteiger partial charge in [0.25, 0.3) is 11.8 Å². The summed E-state index contributed by atoms with van der Waals surface area (Å²) in [5.41, 5.74) is -0.963. The lowest BCUT2D eigenvalue weighted by Gasteiger charge is -2.09. The third-order valence-corrected chi connectivity index (χ3v) is 3.09. The molecule has 0 saturated heterocycles. The van der Waals surface area contributed by atoms with Crippen LogP contribution in [0.4, 0.5) is 24.7 Å². The summed E-state index contributed by atoms with van der Waals surface area (Å²) in [6.45, 7) is 3.03. The van der Waals surface area contributed by atoms with Gasteiger partial charge >= 0.3 is 6.18 Å². The quantitative estimate of drug-likeness (QED) is 0.588. The topological polar surface area (TPSA) is 106 Å². The maximum Gasteiger partial charge on any atom is 0.416 e. The van der Waals surface area contributed by atoms with Crippen molar-refractivity contribution < 1.29 is 32.1 Å². The van der Waals surface area contributed by atoms with Crippen LogP contribution in [0.1, 0.15) is 18.2 Å². The van der Waals surface area contributed by atoms with Gasteiger partial charge in [-0.1, -0.05) is 16.4 Å². The van der Waals surface area contributed by atoms with Gasteiger partial charge in [0.1, 0.15) is 12.0 Å². The summed E-state index contributed by atoms with van der Waals surface area (Å²) < 4.78 is 42.7. The molecule has 0 saturated carbocycles. The smallest absolute Gasteiger partial charge is 0.383 e. The molecular formula is C16H15F3N4O4. The van der Waals surface area contributed by atoms with Crippen LogP contribution in [0.25, 0.3) is 0 Å². The second-order valence-electron chi connectivity index (χ2n) is 5.36. The molecule has 1 atom stereocenters. The number of rotatable bonds is 6. The lowest BCUT2D eigenvalue weighted by Crippen LogP contribution is -2.26. The molecule has 0 bridgehead atoms.